The van der Waals surface area contributed by atoms with Crippen LogP contribution < -0.4 is 10.2 Å². The van der Waals surface area contributed by atoms with Crippen molar-refractivity contribution in [2.24, 2.45) is 16.8 Å². The number of piperazine rings is 1. The molecule has 1 aromatic heterocycles. The Balaban J connectivity index is 0.00000320. The fourth-order valence-electron chi connectivity index (χ4n) is 4.06. The third kappa shape index (κ3) is 6.40. The minimum Gasteiger partial charge on any atom is -0.469 e. The molecule has 0 spiro atoms. The molecule has 1 N–H and O–H groups in total. The number of hydrogen-bond donors (Lipinski definition) is 1. The number of hydrogen-bond acceptors (Lipinski definition) is 7. The van der Waals surface area contributed by atoms with E-state index in [9.17, 15) is 4.79 Å². The van der Waals surface area contributed by atoms with E-state index in [0.29, 0.717) is 6.54 Å². The summed E-state index contributed by atoms with van der Waals surface area (Å²) in [4.78, 5) is 31.9. The Morgan fingerprint density at radius 2 is 1.93 bits per heavy atom. The highest BCUT2D eigenvalue weighted by Crippen LogP contribution is 2.24. The molecule has 2 fully saturated rings. The van der Waals surface area contributed by atoms with E-state index in [2.05, 4.69) is 41.9 Å². The average Bonchev–Trinajstić information content (AvgIpc) is 3.15. The lowest BCUT2D eigenvalue weighted by Crippen LogP contribution is -2.48. The molecule has 1 aromatic rings. The van der Waals surface area contributed by atoms with Crippen molar-refractivity contribution >= 4 is 41.9 Å². The molecule has 168 valence electrons. The van der Waals surface area contributed by atoms with Gasteiger partial charge in [-0.05, 0) is 24.9 Å². The van der Waals surface area contributed by atoms with Crippen molar-refractivity contribution in [3.63, 3.8) is 0 Å². The summed E-state index contributed by atoms with van der Waals surface area (Å²) >= 11 is 0. The van der Waals surface area contributed by atoms with E-state index in [-0.39, 0.29) is 41.8 Å². The predicted octanol–water partition coefficient (Wildman–Crippen LogP) is 0.923. The van der Waals surface area contributed by atoms with Crippen LogP contribution in [0, 0.1) is 11.8 Å². The van der Waals surface area contributed by atoms with Crippen molar-refractivity contribution < 1.29 is 9.53 Å². The van der Waals surface area contributed by atoms with Gasteiger partial charge < -0.3 is 19.9 Å². The number of anilines is 1. The van der Waals surface area contributed by atoms with Gasteiger partial charge in [0.25, 0.3) is 0 Å². The Morgan fingerprint density at radius 3 is 2.57 bits per heavy atom. The van der Waals surface area contributed by atoms with Crippen LogP contribution in [0.2, 0.25) is 0 Å². The van der Waals surface area contributed by atoms with Gasteiger partial charge in [0.15, 0.2) is 5.96 Å². The van der Waals surface area contributed by atoms with Gasteiger partial charge in [0.05, 0.1) is 13.0 Å². The molecule has 10 heteroatoms. The molecule has 3 heterocycles. The second kappa shape index (κ2) is 12.2. The Hall–Kier alpha value is -1.69. The van der Waals surface area contributed by atoms with Crippen molar-refractivity contribution in [3.05, 3.63) is 18.5 Å². The molecular weight excluding hydrogens is 497 g/mol. The largest absolute Gasteiger partial charge is 0.469 e. The molecule has 0 aromatic carbocycles. The number of nitrogens with one attached hydrogen (secondary N) is 1. The quantitative estimate of drug-likeness (QED) is 0.191. The summed E-state index contributed by atoms with van der Waals surface area (Å²) in [6, 6.07) is 1.85. The van der Waals surface area contributed by atoms with Crippen LogP contribution in [0.4, 0.5) is 5.95 Å². The fraction of sp³-hybridized carbons (Fsp3) is 0.700. The maximum absolute atomic E-state index is 11.9. The summed E-state index contributed by atoms with van der Waals surface area (Å²) in [5, 5.41) is 3.45. The fourth-order valence-corrected chi connectivity index (χ4v) is 4.06. The number of guanidine groups is 1. The molecule has 0 amide bonds. The normalized spacial score (nSPS) is 22.6. The molecule has 9 nitrogen and oxygen atoms in total. The van der Waals surface area contributed by atoms with E-state index in [0.717, 1.165) is 64.1 Å². The van der Waals surface area contributed by atoms with Gasteiger partial charge in [-0.1, -0.05) is 6.92 Å². The highest BCUT2D eigenvalue weighted by molar-refractivity contribution is 14.0. The zero-order chi connectivity index (χ0) is 20.6. The van der Waals surface area contributed by atoms with Crippen LogP contribution in [0.3, 0.4) is 0 Å². The van der Waals surface area contributed by atoms with Gasteiger partial charge in [-0.3, -0.25) is 14.7 Å². The number of halogens is 1. The number of likely N-dealkylation sites (tertiary alicyclic amines) is 1. The van der Waals surface area contributed by atoms with Gasteiger partial charge in [-0.2, -0.15) is 0 Å². The van der Waals surface area contributed by atoms with E-state index >= 15 is 0 Å². The third-order valence-corrected chi connectivity index (χ3v) is 5.77. The van der Waals surface area contributed by atoms with Crippen molar-refractivity contribution in [3.8, 4) is 0 Å². The Bertz CT molecular complexity index is 683. The van der Waals surface area contributed by atoms with Crippen LogP contribution in [-0.2, 0) is 9.53 Å². The maximum atomic E-state index is 11.9. The van der Waals surface area contributed by atoms with Crippen molar-refractivity contribution in [2.45, 2.75) is 13.3 Å². The predicted molar refractivity (Wildman–Crippen MR) is 128 cm³/mol. The highest BCUT2D eigenvalue weighted by atomic mass is 127. The van der Waals surface area contributed by atoms with Crippen LogP contribution in [0.1, 0.15) is 13.3 Å². The molecule has 3 rings (SSSR count). The number of aromatic nitrogens is 2. The van der Waals surface area contributed by atoms with Crippen LogP contribution in [-0.4, -0.2) is 98.2 Å². The standard InChI is InChI=1S/C20H33N7O2.HI/c1-16-14-27(15-17(16)18(28)29-3)19(21-2)22-8-5-9-25-10-12-26(13-11-25)20-23-6-4-7-24-20;/h4,6-7,16-17H,5,8-15H2,1-3H3,(H,21,22);1H. The lowest BCUT2D eigenvalue weighted by Gasteiger charge is -2.34. The number of esters is 1. The first-order valence-electron chi connectivity index (χ1n) is 10.4. The number of carbonyl (C=O) groups is 1. The van der Waals surface area contributed by atoms with Gasteiger partial charge in [0.2, 0.25) is 5.95 Å². The maximum Gasteiger partial charge on any atom is 0.310 e. The molecule has 2 saturated heterocycles. The Kier molecular flexibility index (Phi) is 10.0. The zero-order valence-corrected chi connectivity index (χ0v) is 20.5. The topological polar surface area (TPSA) is 86.2 Å². The molecule has 0 radical (unpaired) electrons. The van der Waals surface area contributed by atoms with E-state index in [1.54, 1.807) is 19.4 Å². The molecule has 0 aliphatic carbocycles. The van der Waals surface area contributed by atoms with Crippen LogP contribution in [0.5, 0.6) is 0 Å². The summed E-state index contributed by atoms with van der Waals surface area (Å²) in [6.07, 6.45) is 4.63. The smallest absolute Gasteiger partial charge is 0.310 e. The number of carbonyl (C=O) groups excluding carboxylic acids is 1. The summed E-state index contributed by atoms with van der Waals surface area (Å²) < 4.78 is 4.93. The van der Waals surface area contributed by atoms with E-state index in [1.165, 1.54) is 7.11 Å². The summed E-state index contributed by atoms with van der Waals surface area (Å²) in [6.45, 7) is 9.46. The summed E-state index contributed by atoms with van der Waals surface area (Å²) in [5.41, 5.74) is 0. The number of nitrogens with zero attached hydrogens (tertiary/aromatic N) is 6. The summed E-state index contributed by atoms with van der Waals surface area (Å²) in [7, 11) is 3.25. The van der Waals surface area contributed by atoms with E-state index in [1.807, 2.05) is 6.07 Å². The molecule has 2 atom stereocenters. The number of methoxy groups -OCH3 is 1. The number of aliphatic imine (C=N–C) groups is 1. The molecule has 2 aliphatic rings. The van der Waals surface area contributed by atoms with Gasteiger partial charge >= 0.3 is 5.97 Å². The first kappa shape index (κ1) is 24.6. The second-order valence-corrected chi connectivity index (χ2v) is 7.72. The Morgan fingerprint density at radius 1 is 1.23 bits per heavy atom. The first-order valence-corrected chi connectivity index (χ1v) is 10.4. The van der Waals surface area contributed by atoms with E-state index < -0.39 is 0 Å². The Labute approximate surface area is 196 Å². The summed E-state index contributed by atoms with van der Waals surface area (Å²) in [5.74, 6) is 1.75. The molecule has 0 bridgehead atoms. The minimum absolute atomic E-state index is 0. The van der Waals surface area contributed by atoms with Gasteiger partial charge in [-0.15, -0.1) is 24.0 Å². The molecule has 2 unspecified atom stereocenters. The van der Waals surface area contributed by atoms with E-state index in [4.69, 9.17) is 4.74 Å². The number of ether oxygens (including phenoxy) is 1. The molecular formula is C20H34IN7O2. The molecule has 0 saturated carbocycles. The highest BCUT2D eigenvalue weighted by Gasteiger charge is 2.36. The average molecular weight is 531 g/mol. The van der Waals surface area contributed by atoms with Crippen molar-refractivity contribution in [2.75, 3.05) is 71.4 Å². The minimum atomic E-state index is -0.129. The third-order valence-electron chi connectivity index (χ3n) is 5.77. The van der Waals surface area contributed by atoms with Crippen LogP contribution in [0.15, 0.2) is 23.5 Å². The molecule has 30 heavy (non-hydrogen) atoms. The second-order valence-electron chi connectivity index (χ2n) is 7.72. The molecule has 2 aliphatic heterocycles. The van der Waals surface area contributed by atoms with Crippen LogP contribution >= 0.6 is 24.0 Å². The van der Waals surface area contributed by atoms with Gasteiger partial charge in [0.1, 0.15) is 0 Å². The van der Waals surface area contributed by atoms with Crippen LogP contribution in [0.25, 0.3) is 0 Å². The van der Waals surface area contributed by atoms with Crippen molar-refractivity contribution in [1.29, 1.82) is 0 Å². The number of rotatable bonds is 6. The van der Waals surface area contributed by atoms with Gasteiger partial charge in [0, 0.05) is 65.3 Å². The monoisotopic (exact) mass is 531 g/mol. The lowest BCUT2D eigenvalue weighted by molar-refractivity contribution is -0.145. The van der Waals surface area contributed by atoms with Crippen molar-refractivity contribution in [1.82, 2.24) is 25.1 Å². The zero-order valence-electron chi connectivity index (χ0n) is 18.2. The lowest BCUT2D eigenvalue weighted by atomic mass is 9.99. The van der Waals surface area contributed by atoms with Gasteiger partial charge in [-0.25, -0.2) is 9.97 Å². The SMILES string of the molecule is CN=C(NCCCN1CCN(c2ncccn2)CC1)N1CC(C)C(C(=O)OC)C1.I. The first-order chi connectivity index (χ1) is 14.1.